The van der Waals surface area contributed by atoms with Crippen molar-refractivity contribution in [3.05, 3.63) is 34.4 Å². The Morgan fingerprint density at radius 3 is 2.32 bits per heavy atom. The molecule has 6 heteroatoms. The van der Waals surface area contributed by atoms with E-state index in [9.17, 15) is 14.9 Å². The number of ether oxygens (including phenoxy) is 2. The number of nitro groups is 1. The van der Waals surface area contributed by atoms with Gasteiger partial charge in [0.15, 0.2) is 0 Å². The molecular formula is C16H17NO5. The quantitative estimate of drug-likeness (QED) is 0.367. The molecule has 4 rings (SSSR count). The van der Waals surface area contributed by atoms with Crippen LogP contribution in [0.5, 0.6) is 5.75 Å². The van der Waals surface area contributed by atoms with Crippen molar-refractivity contribution in [2.24, 2.45) is 10.8 Å². The third kappa shape index (κ3) is 1.69. The summed E-state index contributed by atoms with van der Waals surface area (Å²) in [7, 11) is 0. The maximum atomic E-state index is 12.0. The van der Waals surface area contributed by atoms with E-state index in [2.05, 4.69) is 0 Å². The fraction of sp³-hybridized carbons (Fsp3) is 0.562. The van der Waals surface area contributed by atoms with Gasteiger partial charge in [0.05, 0.1) is 4.92 Å². The largest absolute Gasteiger partial charge is 0.514 e. The molecule has 116 valence electrons. The molecule has 3 fully saturated rings. The van der Waals surface area contributed by atoms with Crippen molar-refractivity contribution >= 4 is 11.8 Å². The predicted octanol–water partition coefficient (Wildman–Crippen LogP) is 3.83. The number of hydrogen-bond donors (Lipinski definition) is 0. The zero-order valence-corrected chi connectivity index (χ0v) is 12.1. The molecule has 0 aromatic heterocycles. The van der Waals surface area contributed by atoms with E-state index in [1.165, 1.54) is 37.1 Å². The zero-order chi connectivity index (χ0) is 15.4. The van der Waals surface area contributed by atoms with Gasteiger partial charge in [0.1, 0.15) is 11.9 Å². The second-order valence-electron chi connectivity index (χ2n) is 6.68. The molecule has 6 nitrogen and oxygen atoms in total. The fourth-order valence-corrected chi connectivity index (χ4v) is 4.74. The maximum absolute atomic E-state index is 12.0. The van der Waals surface area contributed by atoms with Crippen molar-refractivity contribution in [1.29, 1.82) is 0 Å². The Kier molecular flexibility index (Phi) is 2.74. The lowest BCUT2D eigenvalue weighted by molar-refractivity contribution is -0.384. The molecule has 0 aliphatic heterocycles. The van der Waals surface area contributed by atoms with Crippen molar-refractivity contribution in [1.82, 2.24) is 0 Å². The molecule has 1 atom stereocenters. The van der Waals surface area contributed by atoms with Crippen LogP contribution in [0.4, 0.5) is 10.5 Å². The maximum Gasteiger partial charge on any atom is 0.514 e. The summed E-state index contributed by atoms with van der Waals surface area (Å²) in [5.41, 5.74) is 0.636. The van der Waals surface area contributed by atoms with Gasteiger partial charge in [0, 0.05) is 17.5 Å². The van der Waals surface area contributed by atoms with Crippen LogP contribution in [0.1, 0.15) is 38.5 Å². The first kappa shape index (κ1) is 13.5. The predicted molar refractivity (Wildman–Crippen MR) is 76.6 cm³/mol. The average Bonchev–Trinajstić information content (AvgIpc) is 2.65. The number of hydrogen-bond acceptors (Lipinski definition) is 5. The molecule has 0 saturated heterocycles. The summed E-state index contributed by atoms with van der Waals surface area (Å²) in [5.74, 6) is 0.263. The van der Waals surface area contributed by atoms with Crippen molar-refractivity contribution < 1.29 is 19.2 Å². The smallest absolute Gasteiger partial charge is 0.430 e. The normalized spacial score (nSPS) is 34.6. The van der Waals surface area contributed by atoms with Gasteiger partial charge in [0.2, 0.25) is 0 Å². The average molecular weight is 303 g/mol. The Balaban J connectivity index is 1.38. The lowest BCUT2D eigenvalue weighted by Crippen LogP contribution is -2.60. The molecule has 0 heterocycles. The molecule has 3 aliphatic carbocycles. The van der Waals surface area contributed by atoms with Crippen LogP contribution in [0.2, 0.25) is 0 Å². The molecule has 3 aliphatic rings. The van der Waals surface area contributed by atoms with E-state index in [-0.39, 0.29) is 23.0 Å². The third-order valence-electron chi connectivity index (χ3n) is 6.14. The molecule has 3 saturated carbocycles. The van der Waals surface area contributed by atoms with Crippen LogP contribution in [-0.4, -0.2) is 17.2 Å². The van der Waals surface area contributed by atoms with Crippen LogP contribution >= 0.6 is 0 Å². The van der Waals surface area contributed by atoms with Gasteiger partial charge in [-0.15, -0.1) is 0 Å². The number of nitrogens with zero attached hydrogens (tertiary/aromatic N) is 1. The molecule has 22 heavy (non-hydrogen) atoms. The van der Waals surface area contributed by atoms with Gasteiger partial charge < -0.3 is 9.47 Å². The molecule has 0 bridgehead atoms. The van der Waals surface area contributed by atoms with Gasteiger partial charge in [-0.05, 0) is 56.1 Å². The van der Waals surface area contributed by atoms with Crippen molar-refractivity contribution in [2.75, 3.05) is 0 Å². The molecular weight excluding hydrogens is 286 g/mol. The van der Waals surface area contributed by atoms with Crippen LogP contribution in [0.3, 0.4) is 0 Å². The van der Waals surface area contributed by atoms with E-state index in [0.29, 0.717) is 5.41 Å². The third-order valence-corrected chi connectivity index (χ3v) is 6.14. The standard InChI is InChI=1S/C16H17NO5/c18-14(21-12-3-1-11(2-4-12)17(19)20)22-13-5-6-15-7-9-16(13,15)10-8-15/h1-4,13H,5-10H2. The molecule has 0 N–H and O–H groups in total. The first-order valence-electron chi connectivity index (χ1n) is 7.68. The van der Waals surface area contributed by atoms with Crippen LogP contribution < -0.4 is 4.74 Å². The molecule has 1 aromatic rings. The summed E-state index contributed by atoms with van der Waals surface area (Å²) in [5, 5.41) is 10.6. The Labute approximate surface area is 127 Å². The molecule has 1 aromatic carbocycles. The van der Waals surface area contributed by atoms with Gasteiger partial charge in [-0.25, -0.2) is 4.79 Å². The minimum absolute atomic E-state index is 0.0273. The van der Waals surface area contributed by atoms with Crippen molar-refractivity contribution in [2.45, 2.75) is 44.6 Å². The summed E-state index contributed by atoms with van der Waals surface area (Å²) in [4.78, 5) is 22.0. The van der Waals surface area contributed by atoms with E-state index < -0.39 is 11.1 Å². The lowest BCUT2D eigenvalue weighted by Gasteiger charge is -2.66. The monoisotopic (exact) mass is 303 g/mol. The second-order valence-corrected chi connectivity index (χ2v) is 6.68. The summed E-state index contributed by atoms with van der Waals surface area (Å²) in [6.07, 6.45) is 6.19. The number of non-ortho nitro benzene ring substituents is 1. The van der Waals surface area contributed by atoms with E-state index in [1.54, 1.807) is 0 Å². The fourth-order valence-electron chi connectivity index (χ4n) is 4.74. The number of rotatable bonds is 3. The topological polar surface area (TPSA) is 78.7 Å². The second kappa shape index (κ2) is 4.44. The molecule has 0 radical (unpaired) electrons. The van der Waals surface area contributed by atoms with Crippen molar-refractivity contribution in [3.8, 4) is 5.75 Å². The minimum atomic E-state index is -0.706. The van der Waals surface area contributed by atoms with Gasteiger partial charge in [-0.1, -0.05) is 0 Å². The van der Waals surface area contributed by atoms with Gasteiger partial charge in [-0.3, -0.25) is 10.1 Å². The minimum Gasteiger partial charge on any atom is -0.430 e. The van der Waals surface area contributed by atoms with E-state index in [4.69, 9.17) is 9.47 Å². The summed E-state index contributed by atoms with van der Waals surface area (Å²) in [6, 6.07) is 5.42. The lowest BCUT2D eigenvalue weighted by atomic mass is 9.39. The Hall–Kier alpha value is -2.11. The number of nitro benzene ring substituents is 1. The SMILES string of the molecule is O=C(Oc1ccc([N+](=O)[O-])cc1)OC1CCC23CCC12CC3. The highest BCUT2D eigenvalue weighted by atomic mass is 16.7. The molecule has 0 spiro atoms. The molecule has 1 unspecified atom stereocenters. The number of benzene rings is 1. The van der Waals surface area contributed by atoms with Crippen LogP contribution in [0, 0.1) is 20.9 Å². The van der Waals surface area contributed by atoms with Crippen LogP contribution in [-0.2, 0) is 4.74 Å². The van der Waals surface area contributed by atoms with E-state index in [1.807, 2.05) is 0 Å². The van der Waals surface area contributed by atoms with Crippen LogP contribution in [0.25, 0.3) is 0 Å². The number of carbonyl (C=O) groups is 1. The van der Waals surface area contributed by atoms with Gasteiger partial charge in [0.25, 0.3) is 5.69 Å². The Morgan fingerprint density at radius 2 is 1.82 bits per heavy atom. The highest BCUT2D eigenvalue weighted by Gasteiger charge is 2.72. The van der Waals surface area contributed by atoms with Crippen molar-refractivity contribution in [3.63, 3.8) is 0 Å². The van der Waals surface area contributed by atoms with E-state index >= 15 is 0 Å². The summed E-state index contributed by atoms with van der Waals surface area (Å²) >= 11 is 0. The summed E-state index contributed by atoms with van der Waals surface area (Å²) in [6.45, 7) is 0. The first-order valence-corrected chi connectivity index (χ1v) is 7.68. The number of carbonyl (C=O) groups excluding carboxylic acids is 1. The highest BCUT2D eigenvalue weighted by Crippen LogP contribution is 2.78. The van der Waals surface area contributed by atoms with Gasteiger partial charge >= 0.3 is 6.16 Å². The zero-order valence-electron chi connectivity index (χ0n) is 12.1. The highest BCUT2D eigenvalue weighted by molar-refractivity contribution is 5.64. The van der Waals surface area contributed by atoms with Crippen LogP contribution in [0.15, 0.2) is 24.3 Å². The first-order chi connectivity index (χ1) is 10.5. The Bertz CT molecular complexity index is 630. The van der Waals surface area contributed by atoms with Gasteiger partial charge in [-0.2, -0.15) is 0 Å². The Morgan fingerprint density at radius 1 is 1.14 bits per heavy atom. The summed E-state index contributed by atoms with van der Waals surface area (Å²) < 4.78 is 10.7. The van der Waals surface area contributed by atoms with E-state index in [0.717, 1.165) is 25.7 Å². The molecule has 0 amide bonds.